The van der Waals surface area contributed by atoms with Crippen LogP contribution in [-0.4, -0.2) is 0 Å². The van der Waals surface area contributed by atoms with Gasteiger partial charge in [0.2, 0.25) is 0 Å². The molecule has 0 spiro atoms. The highest BCUT2D eigenvalue weighted by molar-refractivity contribution is 5.23. The van der Waals surface area contributed by atoms with Crippen molar-refractivity contribution in [2.24, 2.45) is 0 Å². The topological polar surface area (TPSA) is 12.0 Å². The fourth-order valence-electron chi connectivity index (χ4n) is 2.22. The molecular formula is C18H19N. The zero-order chi connectivity index (χ0) is 13.5. The average Bonchev–Trinajstić information content (AvgIpc) is 2.48. The van der Waals surface area contributed by atoms with E-state index in [4.69, 9.17) is 6.42 Å². The van der Waals surface area contributed by atoms with E-state index in [1.54, 1.807) is 0 Å². The van der Waals surface area contributed by atoms with Crippen LogP contribution in [0.2, 0.25) is 0 Å². The van der Waals surface area contributed by atoms with Crippen molar-refractivity contribution in [2.75, 3.05) is 0 Å². The first-order valence-electron chi connectivity index (χ1n) is 6.60. The molecule has 0 heterocycles. The minimum absolute atomic E-state index is 0.196. The van der Waals surface area contributed by atoms with Gasteiger partial charge in [0.15, 0.2) is 0 Å². The first-order chi connectivity index (χ1) is 9.31. The quantitative estimate of drug-likeness (QED) is 0.787. The van der Waals surface area contributed by atoms with E-state index in [2.05, 4.69) is 54.6 Å². The van der Waals surface area contributed by atoms with E-state index in [-0.39, 0.29) is 12.1 Å². The molecule has 0 aliphatic heterocycles. The van der Waals surface area contributed by atoms with E-state index in [9.17, 15) is 0 Å². The molecule has 2 aromatic carbocycles. The zero-order valence-electron chi connectivity index (χ0n) is 11.2. The fraction of sp³-hybridized carbons (Fsp3) is 0.222. The van der Waals surface area contributed by atoms with E-state index >= 15 is 0 Å². The van der Waals surface area contributed by atoms with Gasteiger partial charge in [0.25, 0.3) is 0 Å². The summed E-state index contributed by atoms with van der Waals surface area (Å²) in [6.45, 7) is 2.17. The zero-order valence-corrected chi connectivity index (χ0v) is 11.2. The smallest absolute Gasteiger partial charge is 0.0435 e. The SMILES string of the molecule is C#CC[C@@H](N[C@H](C)c1ccccc1)c1ccccc1. The van der Waals surface area contributed by atoms with Gasteiger partial charge in [-0.1, -0.05) is 60.7 Å². The highest BCUT2D eigenvalue weighted by Gasteiger charge is 2.13. The first-order valence-corrected chi connectivity index (χ1v) is 6.60. The summed E-state index contributed by atoms with van der Waals surface area (Å²) in [6.07, 6.45) is 6.19. The van der Waals surface area contributed by atoms with Gasteiger partial charge in [-0.3, -0.25) is 0 Å². The van der Waals surface area contributed by atoms with E-state index in [1.165, 1.54) is 11.1 Å². The molecule has 0 bridgehead atoms. The lowest BCUT2D eigenvalue weighted by molar-refractivity contribution is 0.474. The Kier molecular flexibility index (Phi) is 4.78. The number of terminal acetylenes is 1. The summed E-state index contributed by atoms with van der Waals surface area (Å²) in [4.78, 5) is 0. The third-order valence-electron chi connectivity index (χ3n) is 3.27. The van der Waals surface area contributed by atoms with Crippen molar-refractivity contribution in [1.29, 1.82) is 0 Å². The minimum atomic E-state index is 0.196. The van der Waals surface area contributed by atoms with Gasteiger partial charge in [-0.2, -0.15) is 0 Å². The molecule has 19 heavy (non-hydrogen) atoms. The van der Waals surface area contributed by atoms with Crippen LogP contribution in [-0.2, 0) is 0 Å². The van der Waals surface area contributed by atoms with Crippen molar-refractivity contribution in [3.63, 3.8) is 0 Å². The van der Waals surface area contributed by atoms with Crippen molar-refractivity contribution < 1.29 is 0 Å². The molecule has 0 unspecified atom stereocenters. The van der Waals surface area contributed by atoms with Crippen LogP contribution in [0.5, 0.6) is 0 Å². The highest BCUT2D eigenvalue weighted by Crippen LogP contribution is 2.21. The largest absolute Gasteiger partial charge is 0.302 e. The fourth-order valence-corrected chi connectivity index (χ4v) is 2.22. The Morgan fingerprint density at radius 3 is 2.00 bits per heavy atom. The maximum atomic E-state index is 5.49. The van der Waals surface area contributed by atoms with Gasteiger partial charge in [-0.15, -0.1) is 12.3 Å². The summed E-state index contributed by atoms with van der Waals surface area (Å²) < 4.78 is 0. The van der Waals surface area contributed by atoms with Crippen LogP contribution >= 0.6 is 0 Å². The normalized spacial score (nSPS) is 13.5. The monoisotopic (exact) mass is 249 g/mol. The second-order valence-electron chi connectivity index (χ2n) is 4.67. The van der Waals surface area contributed by atoms with Crippen molar-refractivity contribution in [3.8, 4) is 12.3 Å². The van der Waals surface area contributed by atoms with Crippen LogP contribution in [0.25, 0.3) is 0 Å². The molecule has 0 fully saturated rings. The molecule has 1 nitrogen and oxygen atoms in total. The molecular weight excluding hydrogens is 230 g/mol. The summed E-state index contributed by atoms with van der Waals surface area (Å²) in [6, 6.07) is 21.3. The lowest BCUT2D eigenvalue weighted by Crippen LogP contribution is -2.24. The molecule has 0 aromatic heterocycles. The molecule has 0 aliphatic carbocycles. The van der Waals surface area contributed by atoms with E-state index < -0.39 is 0 Å². The van der Waals surface area contributed by atoms with Crippen LogP contribution in [0.4, 0.5) is 0 Å². The summed E-state index contributed by atoms with van der Waals surface area (Å²) in [7, 11) is 0. The van der Waals surface area contributed by atoms with Crippen molar-refractivity contribution in [3.05, 3.63) is 71.8 Å². The van der Waals surface area contributed by atoms with Gasteiger partial charge in [0.05, 0.1) is 0 Å². The first kappa shape index (κ1) is 13.4. The van der Waals surface area contributed by atoms with E-state index in [1.807, 2.05) is 24.3 Å². The molecule has 2 aromatic rings. The van der Waals surface area contributed by atoms with E-state index in [0.29, 0.717) is 6.42 Å². The van der Waals surface area contributed by atoms with Gasteiger partial charge in [0, 0.05) is 18.5 Å². The molecule has 0 radical (unpaired) electrons. The van der Waals surface area contributed by atoms with Gasteiger partial charge < -0.3 is 5.32 Å². The second-order valence-corrected chi connectivity index (χ2v) is 4.67. The molecule has 1 N–H and O–H groups in total. The molecule has 0 saturated heterocycles. The van der Waals surface area contributed by atoms with Crippen LogP contribution in [0.3, 0.4) is 0 Å². The number of benzene rings is 2. The Labute approximate surface area is 115 Å². The maximum Gasteiger partial charge on any atom is 0.0435 e. The molecule has 1 heteroatoms. The highest BCUT2D eigenvalue weighted by atomic mass is 14.9. The Morgan fingerprint density at radius 2 is 1.47 bits per heavy atom. The molecule has 2 rings (SSSR count). The second kappa shape index (κ2) is 6.78. The Hall–Kier alpha value is -2.04. The van der Waals surface area contributed by atoms with E-state index in [0.717, 1.165) is 0 Å². The van der Waals surface area contributed by atoms with Gasteiger partial charge in [-0.25, -0.2) is 0 Å². The van der Waals surface area contributed by atoms with Crippen LogP contribution < -0.4 is 5.32 Å². The molecule has 96 valence electrons. The summed E-state index contributed by atoms with van der Waals surface area (Å²) in [5.74, 6) is 2.76. The minimum Gasteiger partial charge on any atom is -0.302 e. The molecule has 0 aliphatic rings. The van der Waals surface area contributed by atoms with Gasteiger partial charge in [-0.05, 0) is 18.1 Å². The van der Waals surface area contributed by atoms with Crippen molar-refractivity contribution >= 4 is 0 Å². The number of hydrogen-bond donors (Lipinski definition) is 1. The van der Waals surface area contributed by atoms with Crippen molar-refractivity contribution in [1.82, 2.24) is 5.32 Å². The Morgan fingerprint density at radius 1 is 0.947 bits per heavy atom. The van der Waals surface area contributed by atoms with Crippen LogP contribution in [0, 0.1) is 12.3 Å². The predicted octanol–water partition coefficient (Wildman–Crippen LogP) is 4.10. The van der Waals surface area contributed by atoms with Gasteiger partial charge >= 0.3 is 0 Å². The lowest BCUT2D eigenvalue weighted by atomic mass is 10.0. The number of nitrogens with one attached hydrogen (secondary N) is 1. The predicted molar refractivity (Wildman–Crippen MR) is 80.6 cm³/mol. The average molecular weight is 249 g/mol. The number of rotatable bonds is 5. The number of hydrogen-bond acceptors (Lipinski definition) is 1. The molecule has 2 atom stereocenters. The molecule has 0 saturated carbocycles. The lowest BCUT2D eigenvalue weighted by Gasteiger charge is -2.22. The summed E-state index contributed by atoms with van der Waals surface area (Å²) in [5.41, 5.74) is 2.52. The Balaban J connectivity index is 2.12. The van der Waals surface area contributed by atoms with Crippen LogP contribution in [0.1, 0.15) is 36.6 Å². The summed E-state index contributed by atoms with van der Waals surface area (Å²) in [5, 5.41) is 3.61. The van der Waals surface area contributed by atoms with Crippen molar-refractivity contribution in [2.45, 2.75) is 25.4 Å². The summed E-state index contributed by atoms with van der Waals surface area (Å²) >= 11 is 0. The molecule has 0 amide bonds. The van der Waals surface area contributed by atoms with Crippen LogP contribution in [0.15, 0.2) is 60.7 Å². The third-order valence-corrected chi connectivity index (χ3v) is 3.27. The maximum absolute atomic E-state index is 5.49. The standard InChI is InChI=1S/C18H19N/c1-3-10-18(17-13-8-5-9-14-17)19-15(2)16-11-6-4-7-12-16/h1,4-9,11-15,18-19H,10H2,2H3/t15-,18-/m1/s1. The Bertz CT molecular complexity index is 525. The van der Waals surface area contributed by atoms with Gasteiger partial charge in [0.1, 0.15) is 0 Å². The third kappa shape index (κ3) is 3.71.